The van der Waals surface area contributed by atoms with Gasteiger partial charge in [-0.15, -0.1) is 16.4 Å². The van der Waals surface area contributed by atoms with Gasteiger partial charge in [-0.2, -0.15) is 13.2 Å². The summed E-state index contributed by atoms with van der Waals surface area (Å²) in [5.41, 5.74) is -1.16. The number of alkyl halides is 3. The first kappa shape index (κ1) is 20.9. The molecule has 30 heavy (non-hydrogen) atoms. The van der Waals surface area contributed by atoms with Crippen molar-refractivity contribution in [3.8, 4) is 5.00 Å². The van der Waals surface area contributed by atoms with Gasteiger partial charge in [0.1, 0.15) is 11.0 Å². The number of aliphatic imine (C=N–C) groups is 1. The van der Waals surface area contributed by atoms with Crippen LogP contribution >= 0.6 is 11.3 Å². The fraction of sp³-hybridized carbons (Fsp3) is 0.556. The highest BCUT2D eigenvalue weighted by atomic mass is 32.1. The van der Waals surface area contributed by atoms with E-state index in [4.69, 9.17) is 4.74 Å². The number of rotatable bonds is 3. The van der Waals surface area contributed by atoms with E-state index in [0.717, 1.165) is 33.8 Å². The molecule has 162 valence electrons. The van der Waals surface area contributed by atoms with Crippen LogP contribution in [-0.4, -0.2) is 56.9 Å². The van der Waals surface area contributed by atoms with Crippen LogP contribution in [0.2, 0.25) is 0 Å². The Morgan fingerprint density at radius 3 is 2.97 bits per heavy atom. The monoisotopic (exact) mass is 443 g/mol. The van der Waals surface area contributed by atoms with Gasteiger partial charge in [-0.1, -0.05) is 0 Å². The summed E-state index contributed by atoms with van der Waals surface area (Å²) in [7, 11) is 0. The number of halogens is 3. The van der Waals surface area contributed by atoms with Gasteiger partial charge in [0.2, 0.25) is 5.82 Å². The normalized spacial score (nSPS) is 20.4. The average molecular weight is 443 g/mol. The standard InChI is InChI=1S/C18H20F3N5O3S/c1-9-14-24-13(15(27)23-8-17(2,28)18(19,20)21)25-26(14)16-10(6-22-9)11-7-29-5-3-4-12(11)30-16/h6,9,28H,3-5,7-8H2,1-2H3,(H,23,27)/t9?,17-/m1/s1. The van der Waals surface area contributed by atoms with E-state index in [1.165, 1.54) is 16.0 Å². The maximum absolute atomic E-state index is 12.8. The summed E-state index contributed by atoms with van der Waals surface area (Å²) >= 11 is 1.52. The number of aliphatic hydroxyl groups is 1. The van der Waals surface area contributed by atoms with Gasteiger partial charge >= 0.3 is 6.18 Å². The molecule has 2 aliphatic heterocycles. The van der Waals surface area contributed by atoms with Crippen molar-refractivity contribution in [3.05, 3.63) is 27.7 Å². The van der Waals surface area contributed by atoms with Gasteiger partial charge in [-0.25, -0.2) is 9.67 Å². The lowest BCUT2D eigenvalue weighted by molar-refractivity contribution is -0.249. The number of hydrogen-bond acceptors (Lipinski definition) is 7. The zero-order valence-electron chi connectivity index (χ0n) is 16.3. The molecule has 4 heterocycles. The molecule has 2 N–H and O–H groups in total. The number of aromatic nitrogens is 3. The number of amides is 1. The quantitative estimate of drug-likeness (QED) is 0.758. The Kier molecular flexibility index (Phi) is 5.19. The molecule has 1 amide bonds. The topological polar surface area (TPSA) is 102 Å². The van der Waals surface area contributed by atoms with Crippen LogP contribution in [0.5, 0.6) is 0 Å². The van der Waals surface area contributed by atoms with Gasteiger partial charge in [0.15, 0.2) is 11.4 Å². The third-order valence-electron chi connectivity index (χ3n) is 5.08. The van der Waals surface area contributed by atoms with Crippen LogP contribution < -0.4 is 5.32 Å². The number of ether oxygens (including phenoxy) is 1. The summed E-state index contributed by atoms with van der Waals surface area (Å²) < 4.78 is 45.6. The van der Waals surface area contributed by atoms with Crippen LogP contribution in [-0.2, 0) is 17.8 Å². The molecular weight excluding hydrogens is 423 g/mol. The molecule has 0 bridgehead atoms. The third kappa shape index (κ3) is 3.63. The highest BCUT2D eigenvalue weighted by Crippen LogP contribution is 2.37. The number of carbonyl (C=O) groups is 1. The second-order valence-electron chi connectivity index (χ2n) is 7.49. The van der Waals surface area contributed by atoms with Crippen LogP contribution in [0, 0.1) is 0 Å². The zero-order valence-corrected chi connectivity index (χ0v) is 17.1. The molecule has 2 aromatic heterocycles. The van der Waals surface area contributed by atoms with Crippen molar-refractivity contribution in [3.63, 3.8) is 0 Å². The Hall–Kier alpha value is -2.31. The molecule has 0 aliphatic carbocycles. The molecule has 2 atom stereocenters. The molecule has 2 aromatic rings. The number of hydrogen-bond donors (Lipinski definition) is 2. The number of carbonyl (C=O) groups excluding carboxylic acids is 1. The van der Waals surface area contributed by atoms with Gasteiger partial charge in [0.25, 0.3) is 5.91 Å². The molecule has 2 aliphatic rings. The lowest BCUT2D eigenvalue weighted by atomic mass is 10.1. The second-order valence-corrected chi connectivity index (χ2v) is 8.58. The van der Waals surface area contributed by atoms with Gasteiger partial charge in [-0.3, -0.25) is 9.79 Å². The van der Waals surface area contributed by atoms with E-state index in [1.807, 2.05) is 0 Å². The molecular formula is C18H20F3N5O3S. The third-order valence-corrected chi connectivity index (χ3v) is 6.37. The highest BCUT2D eigenvalue weighted by molar-refractivity contribution is 7.15. The van der Waals surface area contributed by atoms with Crippen LogP contribution in [0.15, 0.2) is 4.99 Å². The van der Waals surface area contributed by atoms with Crippen molar-refractivity contribution in [2.75, 3.05) is 13.2 Å². The summed E-state index contributed by atoms with van der Waals surface area (Å²) in [6.07, 6.45) is -1.36. The molecule has 0 fully saturated rings. The molecule has 0 radical (unpaired) electrons. The van der Waals surface area contributed by atoms with E-state index >= 15 is 0 Å². The molecule has 1 unspecified atom stereocenters. The van der Waals surface area contributed by atoms with Crippen molar-refractivity contribution in [1.29, 1.82) is 0 Å². The first-order chi connectivity index (χ1) is 14.1. The number of nitrogens with one attached hydrogen (secondary N) is 1. The number of thiophene rings is 1. The number of nitrogens with zero attached hydrogens (tertiary/aromatic N) is 4. The van der Waals surface area contributed by atoms with Crippen LogP contribution in [0.1, 0.15) is 58.8 Å². The van der Waals surface area contributed by atoms with E-state index < -0.39 is 30.3 Å². The molecule has 0 saturated heterocycles. The lowest BCUT2D eigenvalue weighted by Crippen LogP contribution is -2.51. The maximum Gasteiger partial charge on any atom is 0.418 e. The molecule has 0 aromatic carbocycles. The molecule has 8 nitrogen and oxygen atoms in total. The molecule has 0 saturated carbocycles. The highest BCUT2D eigenvalue weighted by Gasteiger charge is 2.50. The van der Waals surface area contributed by atoms with E-state index in [2.05, 4.69) is 20.4 Å². The van der Waals surface area contributed by atoms with Crippen molar-refractivity contribution in [2.45, 2.75) is 51.1 Å². The van der Waals surface area contributed by atoms with Crippen LogP contribution in [0.4, 0.5) is 13.2 Å². The van der Waals surface area contributed by atoms with Gasteiger partial charge < -0.3 is 15.2 Å². The van der Waals surface area contributed by atoms with E-state index in [1.54, 1.807) is 13.1 Å². The minimum absolute atomic E-state index is 0.280. The predicted molar refractivity (Wildman–Crippen MR) is 102 cm³/mol. The Balaban J connectivity index is 1.65. The van der Waals surface area contributed by atoms with Crippen molar-refractivity contribution < 1.29 is 27.8 Å². The fourth-order valence-corrected chi connectivity index (χ4v) is 4.48. The van der Waals surface area contributed by atoms with E-state index in [-0.39, 0.29) is 5.82 Å². The summed E-state index contributed by atoms with van der Waals surface area (Å²) in [6, 6.07) is -0.403. The van der Waals surface area contributed by atoms with E-state index in [9.17, 15) is 23.1 Å². The van der Waals surface area contributed by atoms with Crippen molar-refractivity contribution in [1.82, 2.24) is 20.1 Å². The SMILES string of the molecule is CC1N=Cc2c(sc3c2COCCC3)-n2nc(C(=O)NC[C@@](C)(O)C(F)(F)F)nc21. The van der Waals surface area contributed by atoms with E-state index in [0.29, 0.717) is 26.0 Å². The number of fused-ring (bicyclic) bond motifs is 5. The van der Waals surface area contributed by atoms with Gasteiger partial charge in [0.05, 0.1) is 13.2 Å². The second kappa shape index (κ2) is 7.43. The summed E-state index contributed by atoms with van der Waals surface area (Å²) in [5.74, 6) is -0.771. The fourth-order valence-electron chi connectivity index (χ4n) is 3.20. The van der Waals surface area contributed by atoms with Crippen molar-refractivity contribution in [2.24, 2.45) is 4.99 Å². The zero-order chi connectivity index (χ0) is 21.7. The summed E-state index contributed by atoms with van der Waals surface area (Å²) in [4.78, 5) is 22.3. The Morgan fingerprint density at radius 2 is 2.23 bits per heavy atom. The average Bonchev–Trinajstić information content (AvgIpc) is 3.14. The summed E-state index contributed by atoms with van der Waals surface area (Å²) in [6.45, 7) is 2.52. The largest absolute Gasteiger partial charge is 0.418 e. The molecule has 4 rings (SSSR count). The lowest BCUT2D eigenvalue weighted by Gasteiger charge is -2.25. The Labute approximate surface area is 173 Å². The van der Waals surface area contributed by atoms with Crippen LogP contribution in [0.3, 0.4) is 0 Å². The van der Waals surface area contributed by atoms with Gasteiger partial charge in [-0.05, 0) is 26.7 Å². The molecule has 0 spiro atoms. The van der Waals surface area contributed by atoms with Gasteiger partial charge in [0, 0.05) is 28.8 Å². The Bertz CT molecular complexity index is 1010. The minimum atomic E-state index is -4.88. The predicted octanol–water partition coefficient (Wildman–Crippen LogP) is 2.33. The maximum atomic E-state index is 12.8. The first-order valence-corrected chi connectivity index (χ1v) is 10.2. The molecule has 12 heteroatoms. The Morgan fingerprint density at radius 1 is 1.47 bits per heavy atom. The summed E-state index contributed by atoms with van der Waals surface area (Å²) in [5, 5.41) is 16.6. The smallest absolute Gasteiger partial charge is 0.379 e. The van der Waals surface area contributed by atoms with Crippen LogP contribution in [0.25, 0.3) is 5.00 Å². The van der Waals surface area contributed by atoms with Crippen molar-refractivity contribution >= 4 is 23.5 Å². The minimum Gasteiger partial charge on any atom is -0.379 e. The first-order valence-electron chi connectivity index (χ1n) is 9.38. The number of aryl methyl sites for hydroxylation is 1.